The number of carbonyl (C=O) groups excluding carboxylic acids is 1. The maximum Gasteiger partial charge on any atom is 0.330 e. The van der Waals surface area contributed by atoms with Gasteiger partial charge in [-0.05, 0) is 37.0 Å². The summed E-state index contributed by atoms with van der Waals surface area (Å²) in [6.45, 7) is 3.47. The number of esters is 1. The molecule has 4 bridgehead atoms. The average molecular weight is 234 g/mol. The Bertz CT molecular complexity index is 372. The van der Waals surface area contributed by atoms with Crippen LogP contribution < -0.4 is 0 Å². The van der Waals surface area contributed by atoms with Crippen molar-refractivity contribution >= 4 is 5.97 Å². The molecule has 2 aliphatic heterocycles. The first kappa shape index (κ1) is 10.1. The lowest BCUT2D eigenvalue weighted by Gasteiger charge is -2.53. The van der Waals surface area contributed by atoms with E-state index < -0.39 is 0 Å². The number of carbonyl (C=O) groups is 1. The van der Waals surface area contributed by atoms with Crippen molar-refractivity contribution in [2.75, 3.05) is 0 Å². The van der Waals surface area contributed by atoms with E-state index in [1.165, 1.54) is 25.3 Å². The molecule has 3 saturated carbocycles. The molecule has 0 spiro atoms. The molecular formula is C14H18O3. The highest BCUT2D eigenvalue weighted by molar-refractivity contribution is 5.81. The molecule has 0 aromatic rings. The van der Waals surface area contributed by atoms with Gasteiger partial charge in [-0.25, -0.2) is 4.79 Å². The molecule has 0 radical (unpaired) electrons. The Balaban J connectivity index is 1.53. The van der Waals surface area contributed by atoms with Crippen LogP contribution in [0.3, 0.4) is 0 Å². The van der Waals surface area contributed by atoms with Crippen LogP contribution in [0.25, 0.3) is 0 Å². The standard InChI is InChI=1S/C14H18O3/c1-2-13(15)17-11-4-7-3-10(11)14-9(7)5-8-6-12(14)16-8/h2,7-12,14H,1,3-6H2. The summed E-state index contributed by atoms with van der Waals surface area (Å²) < 4.78 is 11.4. The molecule has 92 valence electrons. The molecule has 3 nitrogen and oxygen atoms in total. The summed E-state index contributed by atoms with van der Waals surface area (Å²) in [6.07, 6.45) is 7.25. The maximum absolute atomic E-state index is 11.3. The van der Waals surface area contributed by atoms with Gasteiger partial charge in [0.1, 0.15) is 6.10 Å². The molecule has 5 aliphatic rings. The lowest BCUT2D eigenvalue weighted by Crippen LogP contribution is -2.55. The molecule has 3 aliphatic carbocycles. The number of hydrogen-bond donors (Lipinski definition) is 0. The van der Waals surface area contributed by atoms with E-state index in [-0.39, 0.29) is 12.1 Å². The van der Waals surface area contributed by atoms with E-state index in [1.807, 2.05) is 0 Å². The summed E-state index contributed by atoms with van der Waals surface area (Å²) in [4.78, 5) is 11.3. The van der Waals surface area contributed by atoms with Gasteiger partial charge in [0.05, 0.1) is 12.2 Å². The fourth-order valence-electron chi connectivity index (χ4n) is 4.89. The minimum Gasteiger partial charge on any atom is -0.459 e. The van der Waals surface area contributed by atoms with E-state index in [9.17, 15) is 4.79 Å². The summed E-state index contributed by atoms with van der Waals surface area (Å²) >= 11 is 0. The second-order valence-corrected chi connectivity index (χ2v) is 6.08. The summed E-state index contributed by atoms with van der Waals surface area (Å²) in [5, 5.41) is 0. The number of rotatable bonds is 2. The van der Waals surface area contributed by atoms with Crippen LogP contribution in [0.4, 0.5) is 0 Å². The lowest BCUT2D eigenvalue weighted by atomic mass is 9.65. The molecule has 0 aromatic heterocycles. The zero-order valence-corrected chi connectivity index (χ0v) is 9.88. The van der Waals surface area contributed by atoms with Gasteiger partial charge < -0.3 is 9.47 Å². The van der Waals surface area contributed by atoms with E-state index in [4.69, 9.17) is 9.47 Å². The van der Waals surface area contributed by atoms with Crippen molar-refractivity contribution in [3.05, 3.63) is 12.7 Å². The van der Waals surface area contributed by atoms with Gasteiger partial charge in [0.15, 0.2) is 0 Å². The number of ether oxygens (including phenoxy) is 2. The van der Waals surface area contributed by atoms with Crippen LogP contribution in [-0.4, -0.2) is 24.3 Å². The van der Waals surface area contributed by atoms with Crippen molar-refractivity contribution in [1.29, 1.82) is 0 Å². The Morgan fingerprint density at radius 2 is 2.06 bits per heavy atom. The third-order valence-corrected chi connectivity index (χ3v) is 5.44. The van der Waals surface area contributed by atoms with Gasteiger partial charge in [-0.15, -0.1) is 0 Å². The van der Waals surface area contributed by atoms with Crippen LogP contribution in [0.2, 0.25) is 0 Å². The molecule has 0 aromatic carbocycles. The van der Waals surface area contributed by atoms with Gasteiger partial charge in [-0.1, -0.05) is 6.58 Å². The highest BCUT2D eigenvalue weighted by atomic mass is 16.5. The minimum atomic E-state index is -0.262. The van der Waals surface area contributed by atoms with Crippen LogP contribution in [0, 0.1) is 23.7 Å². The second-order valence-electron chi connectivity index (χ2n) is 6.08. The average Bonchev–Trinajstić information content (AvgIpc) is 2.86. The van der Waals surface area contributed by atoms with Gasteiger partial charge in [-0.3, -0.25) is 0 Å². The topological polar surface area (TPSA) is 35.5 Å². The normalized spacial score (nSPS) is 53.8. The van der Waals surface area contributed by atoms with Crippen LogP contribution in [0.15, 0.2) is 12.7 Å². The fourth-order valence-corrected chi connectivity index (χ4v) is 4.89. The van der Waals surface area contributed by atoms with Crippen LogP contribution in [0.1, 0.15) is 25.7 Å². The second kappa shape index (κ2) is 3.35. The summed E-state index contributed by atoms with van der Waals surface area (Å²) in [5.41, 5.74) is 0. The summed E-state index contributed by atoms with van der Waals surface area (Å²) in [7, 11) is 0. The third-order valence-electron chi connectivity index (χ3n) is 5.44. The highest BCUT2D eigenvalue weighted by Crippen LogP contribution is 2.62. The van der Waals surface area contributed by atoms with E-state index in [1.54, 1.807) is 0 Å². The predicted molar refractivity (Wildman–Crippen MR) is 61.2 cm³/mol. The SMILES string of the molecule is C=CC(=O)OC1CC2CC1C1C3CC(CC21)O3. The molecule has 0 amide bonds. The first-order valence-corrected chi connectivity index (χ1v) is 6.74. The van der Waals surface area contributed by atoms with E-state index in [0.29, 0.717) is 24.0 Å². The number of hydrogen-bond acceptors (Lipinski definition) is 3. The van der Waals surface area contributed by atoms with E-state index in [2.05, 4.69) is 6.58 Å². The number of fused-ring (bicyclic) bond motifs is 2. The van der Waals surface area contributed by atoms with E-state index in [0.717, 1.165) is 18.3 Å². The molecular weight excluding hydrogens is 216 g/mol. The smallest absolute Gasteiger partial charge is 0.330 e. The predicted octanol–water partition coefficient (Wildman–Crippen LogP) is 1.92. The molecule has 5 rings (SSSR count). The quantitative estimate of drug-likeness (QED) is 0.541. The molecule has 2 heterocycles. The zero-order valence-electron chi connectivity index (χ0n) is 9.88. The molecule has 5 fully saturated rings. The van der Waals surface area contributed by atoms with Crippen molar-refractivity contribution < 1.29 is 14.3 Å². The molecule has 0 N–H and O–H groups in total. The van der Waals surface area contributed by atoms with Gasteiger partial charge in [0.25, 0.3) is 0 Å². The van der Waals surface area contributed by atoms with Crippen molar-refractivity contribution in [1.82, 2.24) is 0 Å². The maximum atomic E-state index is 11.3. The lowest BCUT2D eigenvalue weighted by molar-refractivity contribution is -0.225. The zero-order chi connectivity index (χ0) is 11.6. The van der Waals surface area contributed by atoms with Crippen molar-refractivity contribution in [3.63, 3.8) is 0 Å². The molecule has 2 saturated heterocycles. The van der Waals surface area contributed by atoms with E-state index >= 15 is 0 Å². The first-order valence-electron chi connectivity index (χ1n) is 6.74. The van der Waals surface area contributed by atoms with Gasteiger partial charge >= 0.3 is 5.97 Å². The van der Waals surface area contributed by atoms with Crippen molar-refractivity contribution in [2.24, 2.45) is 23.7 Å². The van der Waals surface area contributed by atoms with Crippen LogP contribution in [-0.2, 0) is 14.3 Å². The molecule has 7 unspecified atom stereocenters. The first-order chi connectivity index (χ1) is 8.26. The van der Waals surface area contributed by atoms with Crippen LogP contribution in [0.5, 0.6) is 0 Å². The van der Waals surface area contributed by atoms with Crippen molar-refractivity contribution in [2.45, 2.75) is 44.0 Å². The molecule has 7 atom stereocenters. The van der Waals surface area contributed by atoms with Gasteiger partial charge in [-0.2, -0.15) is 0 Å². The highest BCUT2D eigenvalue weighted by Gasteiger charge is 2.62. The van der Waals surface area contributed by atoms with Gasteiger partial charge in [0, 0.05) is 18.4 Å². The Kier molecular flexibility index (Phi) is 1.99. The largest absolute Gasteiger partial charge is 0.459 e. The van der Waals surface area contributed by atoms with Crippen LogP contribution >= 0.6 is 0 Å². The Morgan fingerprint density at radius 1 is 1.24 bits per heavy atom. The minimum absolute atomic E-state index is 0.132. The van der Waals surface area contributed by atoms with Crippen molar-refractivity contribution in [3.8, 4) is 0 Å². The Morgan fingerprint density at radius 3 is 2.82 bits per heavy atom. The Hall–Kier alpha value is -0.830. The molecule has 3 heteroatoms. The molecule has 17 heavy (non-hydrogen) atoms. The van der Waals surface area contributed by atoms with Gasteiger partial charge in [0.2, 0.25) is 0 Å². The summed E-state index contributed by atoms with van der Waals surface area (Å²) in [6, 6.07) is 0. The Labute approximate surface area is 101 Å². The fraction of sp³-hybridized carbons (Fsp3) is 0.786. The third kappa shape index (κ3) is 1.29. The summed E-state index contributed by atoms with van der Waals surface area (Å²) in [5.74, 6) is 2.60. The monoisotopic (exact) mass is 234 g/mol.